The zero-order chi connectivity index (χ0) is 15.2. The number of aromatic hydroxyl groups is 1. The molecule has 0 atom stereocenters. The van der Waals surface area contributed by atoms with Crippen molar-refractivity contribution < 1.29 is 14.6 Å². The maximum Gasteiger partial charge on any atom is 0.185 e. The van der Waals surface area contributed by atoms with Gasteiger partial charge >= 0.3 is 0 Å². The standard InChI is InChI=1S/C17H15IO3/c1-2-21-16-11-12(10-14(18)17(16)20)8-9-15(19)13-6-4-3-5-7-13/h3-11,20H,2H2,1H3/b9-8+. The number of benzene rings is 2. The molecular weight excluding hydrogens is 379 g/mol. The summed E-state index contributed by atoms with van der Waals surface area (Å²) in [7, 11) is 0. The van der Waals surface area contributed by atoms with Crippen molar-refractivity contribution >= 4 is 34.5 Å². The number of hydrogen-bond donors (Lipinski definition) is 1. The molecule has 0 amide bonds. The maximum absolute atomic E-state index is 12.0. The van der Waals surface area contributed by atoms with E-state index in [1.54, 1.807) is 30.3 Å². The normalized spacial score (nSPS) is 10.8. The van der Waals surface area contributed by atoms with Gasteiger partial charge in [-0.1, -0.05) is 36.4 Å². The Bertz CT molecular complexity index is 663. The van der Waals surface area contributed by atoms with Crippen molar-refractivity contribution in [3.63, 3.8) is 0 Å². The van der Waals surface area contributed by atoms with Crippen LogP contribution in [0.1, 0.15) is 22.8 Å². The van der Waals surface area contributed by atoms with Gasteiger partial charge in [-0.15, -0.1) is 0 Å². The summed E-state index contributed by atoms with van der Waals surface area (Å²) in [5, 5.41) is 9.88. The van der Waals surface area contributed by atoms with Crippen LogP contribution >= 0.6 is 22.6 Å². The van der Waals surface area contributed by atoms with Crippen LogP contribution in [-0.4, -0.2) is 17.5 Å². The zero-order valence-corrected chi connectivity index (χ0v) is 13.7. The molecule has 4 heteroatoms. The highest BCUT2D eigenvalue weighted by Crippen LogP contribution is 2.33. The summed E-state index contributed by atoms with van der Waals surface area (Å²) in [6.45, 7) is 2.33. The van der Waals surface area contributed by atoms with Gasteiger partial charge in [-0.2, -0.15) is 0 Å². The van der Waals surface area contributed by atoms with Crippen LogP contribution in [0, 0.1) is 3.57 Å². The first-order valence-corrected chi connectivity index (χ1v) is 7.62. The molecule has 0 spiro atoms. The third-order valence-electron chi connectivity index (χ3n) is 2.84. The topological polar surface area (TPSA) is 46.5 Å². The van der Waals surface area contributed by atoms with Crippen LogP contribution < -0.4 is 4.74 Å². The summed E-state index contributed by atoms with van der Waals surface area (Å²) in [5.74, 6) is 0.497. The average molecular weight is 394 g/mol. The molecule has 0 aromatic heterocycles. The lowest BCUT2D eigenvalue weighted by molar-refractivity contribution is 0.104. The summed E-state index contributed by atoms with van der Waals surface area (Å²) in [5.41, 5.74) is 1.46. The van der Waals surface area contributed by atoms with Gasteiger partial charge in [-0.05, 0) is 53.3 Å². The van der Waals surface area contributed by atoms with Gasteiger partial charge in [-0.3, -0.25) is 4.79 Å². The highest BCUT2D eigenvalue weighted by molar-refractivity contribution is 14.1. The molecule has 0 radical (unpaired) electrons. The first-order valence-electron chi connectivity index (χ1n) is 6.54. The molecule has 0 aliphatic carbocycles. The molecule has 2 aromatic rings. The Balaban J connectivity index is 2.23. The number of hydrogen-bond acceptors (Lipinski definition) is 3. The van der Waals surface area contributed by atoms with Gasteiger partial charge in [-0.25, -0.2) is 0 Å². The lowest BCUT2D eigenvalue weighted by atomic mass is 10.1. The van der Waals surface area contributed by atoms with Crippen molar-refractivity contribution in [3.8, 4) is 11.5 Å². The lowest BCUT2D eigenvalue weighted by Crippen LogP contribution is -1.95. The molecule has 21 heavy (non-hydrogen) atoms. The number of allylic oxidation sites excluding steroid dienone is 1. The molecule has 0 saturated carbocycles. The Morgan fingerprint density at radius 3 is 2.67 bits per heavy atom. The van der Waals surface area contributed by atoms with Gasteiger partial charge in [0.2, 0.25) is 0 Å². The highest BCUT2D eigenvalue weighted by Gasteiger charge is 2.08. The quantitative estimate of drug-likeness (QED) is 0.468. The highest BCUT2D eigenvalue weighted by atomic mass is 127. The van der Waals surface area contributed by atoms with Gasteiger partial charge in [0.25, 0.3) is 0 Å². The minimum atomic E-state index is -0.0587. The van der Waals surface area contributed by atoms with E-state index in [0.717, 1.165) is 5.56 Å². The van der Waals surface area contributed by atoms with E-state index in [4.69, 9.17) is 4.74 Å². The van der Waals surface area contributed by atoms with Crippen molar-refractivity contribution in [2.24, 2.45) is 0 Å². The monoisotopic (exact) mass is 394 g/mol. The van der Waals surface area contributed by atoms with Gasteiger partial charge in [0.05, 0.1) is 10.2 Å². The first-order chi connectivity index (χ1) is 10.1. The van der Waals surface area contributed by atoms with E-state index >= 15 is 0 Å². The lowest BCUT2D eigenvalue weighted by Gasteiger charge is -2.08. The summed E-state index contributed by atoms with van der Waals surface area (Å²) >= 11 is 2.04. The predicted molar refractivity (Wildman–Crippen MR) is 91.8 cm³/mol. The van der Waals surface area contributed by atoms with E-state index in [0.29, 0.717) is 21.5 Å². The largest absolute Gasteiger partial charge is 0.504 e. The number of ketones is 1. The van der Waals surface area contributed by atoms with Crippen molar-refractivity contribution in [1.82, 2.24) is 0 Å². The SMILES string of the molecule is CCOc1cc(/C=C/C(=O)c2ccccc2)cc(I)c1O. The Kier molecular flexibility index (Phi) is 5.38. The molecule has 108 valence electrons. The van der Waals surface area contributed by atoms with Gasteiger partial charge in [0.15, 0.2) is 17.3 Å². The second kappa shape index (κ2) is 7.26. The van der Waals surface area contributed by atoms with Crippen LogP contribution in [0.15, 0.2) is 48.5 Å². The van der Waals surface area contributed by atoms with Crippen LogP contribution in [0.4, 0.5) is 0 Å². The fourth-order valence-corrected chi connectivity index (χ4v) is 2.45. The number of phenolic OH excluding ortho intramolecular Hbond substituents is 1. The van der Waals surface area contributed by atoms with Crippen molar-refractivity contribution in [3.05, 3.63) is 63.2 Å². The molecule has 0 aliphatic heterocycles. The van der Waals surface area contributed by atoms with E-state index in [2.05, 4.69) is 0 Å². The Morgan fingerprint density at radius 1 is 1.29 bits per heavy atom. The van der Waals surface area contributed by atoms with E-state index in [1.807, 2.05) is 47.7 Å². The van der Waals surface area contributed by atoms with E-state index < -0.39 is 0 Å². The third kappa shape index (κ3) is 4.07. The van der Waals surface area contributed by atoms with Gasteiger partial charge < -0.3 is 9.84 Å². The van der Waals surface area contributed by atoms with Crippen LogP contribution in [0.2, 0.25) is 0 Å². The van der Waals surface area contributed by atoms with Gasteiger partial charge in [0, 0.05) is 5.56 Å². The number of carbonyl (C=O) groups is 1. The summed E-state index contributed by atoms with van der Waals surface area (Å²) < 4.78 is 6.06. The number of halogens is 1. The molecule has 0 heterocycles. The van der Waals surface area contributed by atoms with Crippen LogP contribution in [0.25, 0.3) is 6.08 Å². The van der Waals surface area contributed by atoms with E-state index in [1.165, 1.54) is 6.08 Å². The molecule has 0 aliphatic rings. The van der Waals surface area contributed by atoms with Crippen molar-refractivity contribution in [2.75, 3.05) is 6.61 Å². The second-order valence-corrected chi connectivity index (χ2v) is 5.51. The maximum atomic E-state index is 12.0. The Morgan fingerprint density at radius 2 is 2.00 bits per heavy atom. The molecule has 2 aromatic carbocycles. The predicted octanol–water partition coefficient (Wildman–Crippen LogP) is 4.29. The number of carbonyl (C=O) groups excluding carboxylic acids is 1. The minimum Gasteiger partial charge on any atom is -0.504 e. The molecular formula is C17H15IO3. The second-order valence-electron chi connectivity index (χ2n) is 4.35. The molecule has 0 fully saturated rings. The fraction of sp³-hybridized carbons (Fsp3) is 0.118. The zero-order valence-electron chi connectivity index (χ0n) is 11.5. The number of rotatable bonds is 5. The molecule has 0 saturated heterocycles. The Labute approximate surface area is 137 Å². The summed E-state index contributed by atoms with van der Waals surface area (Å²) in [6, 6.07) is 12.6. The molecule has 0 unspecified atom stereocenters. The smallest absolute Gasteiger partial charge is 0.185 e. The van der Waals surface area contributed by atoms with E-state index in [-0.39, 0.29) is 11.5 Å². The third-order valence-corrected chi connectivity index (χ3v) is 3.66. The van der Waals surface area contributed by atoms with Gasteiger partial charge in [0.1, 0.15) is 0 Å². The summed E-state index contributed by atoms with van der Waals surface area (Å²) in [6.07, 6.45) is 3.24. The fourth-order valence-electron chi connectivity index (χ4n) is 1.83. The number of ether oxygens (including phenoxy) is 1. The Hall–Kier alpha value is -1.82. The summed E-state index contributed by atoms with van der Waals surface area (Å²) in [4.78, 5) is 12.0. The van der Waals surface area contributed by atoms with Crippen LogP contribution in [-0.2, 0) is 0 Å². The first kappa shape index (κ1) is 15.6. The van der Waals surface area contributed by atoms with E-state index in [9.17, 15) is 9.90 Å². The van der Waals surface area contributed by atoms with Crippen LogP contribution in [0.5, 0.6) is 11.5 Å². The number of phenols is 1. The minimum absolute atomic E-state index is 0.0587. The molecule has 1 N–H and O–H groups in total. The van der Waals surface area contributed by atoms with Crippen molar-refractivity contribution in [2.45, 2.75) is 6.92 Å². The van der Waals surface area contributed by atoms with Crippen molar-refractivity contribution in [1.29, 1.82) is 0 Å². The molecule has 2 rings (SSSR count). The average Bonchev–Trinajstić information content (AvgIpc) is 2.50. The molecule has 3 nitrogen and oxygen atoms in total. The molecule has 0 bridgehead atoms. The van der Waals surface area contributed by atoms with Crippen LogP contribution in [0.3, 0.4) is 0 Å².